The van der Waals surface area contributed by atoms with Gasteiger partial charge in [0.25, 0.3) is 0 Å². The second-order valence-electron chi connectivity index (χ2n) is 6.86. The fraction of sp³-hybridized carbons (Fsp3) is 0.526. The number of para-hydroxylation sites is 1. The van der Waals surface area contributed by atoms with Crippen molar-refractivity contribution in [2.75, 3.05) is 44.1 Å². The normalized spacial score (nSPS) is 16.8. The Morgan fingerprint density at radius 3 is 2.82 bits per heavy atom. The van der Waals surface area contributed by atoms with Gasteiger partial charge < -0.3 is 19.7 Å². The Bertz CT molecular complexity index is 818. The van der Waals surface area contributed by atoms with Gasteiger partial charge in [0.1, 0.15) is 5.75 Å². The van der Waals surface area contributed by atoms with Crippen LogP contribution in [0.25, 0.3) is 0 Å². The first-order chi connectivity index (χ1) is 13.8. The fourth-order valence-electron chi connectivity index (χ4n) is 3.22. The summed E-state index contributed by atoms with van der Waals surface area (Å²) in [5, 5.41) is 12.5. The summed E-state index contributed by atoms with van der Waals surface area (Å²) >= 11 is 1.44. The van der Waals surface area contributed by atoms with Gasteiger partial charge in [0, 0.05) is 31.2 Å². The van der Waals surface area contributed by atoms with Gasteiger partial charge in [0.2, 0.25) is 11.9 Å². The molecule has 0 bridgehead atoms. The van der Waals surface area contributed by atoms with Crippen LogP contribution in [0.4, 0.5) is 5.95 Å². The van der Waals surface area contributed by atoms with E-state index in [2.05, 4.69) is 25.0 Å². The minimum Gasteiger partial charge on any atom is -0.496 e. The molecule has 1 aromatic heterocycles. The van der Waals surface area contributed by atoms with Crippen molar-refractivity contribution in [1.82, 2.24) is 20.1 Å². The SMILES string of the molecule is COc1ccccc1CNC(=O)CSc1nnc(N2CCOCC2)n1C1CC1. The van der Waals surface area contributed by atoms with E-state index >= 15 is 0 Å². The van der Waals surface area contributed by atoms with Crippen LogP contribution in [0.1, 0.15) is 24.4 Å². The van der Waals surface area contributed by atoms with Crippen molar-refractivity contribution in [3.8, 4) is 5.75 Å². The zero-order chi connectivity index (χ0) is 19.3. The van der Waals surface area contributed by atoms with Crippen molar-refractivity contribution < 1.29 is 14.3 Å². The maximum Gasteiger partial charge on any atom is 0.230 e. The molecule has 0 atom stereocenters. The zero-order valence-electron chi connectivity index (χ0n) is 16.0. The fourth-order valence-corrected chi connectivity index (χ4v) is 4.05. The van der Waals surface area contributed by atoms with E-state index in [9.17, 15) is 4.79 Å². The van der Waals surface area contributed by atoms with Crippen LogP contribution in [0, 0.1) is 0 Å². The molecule has 1 saturated heterocycles. The molecule has 2 heterocycles. The highest BCUT2D eigenvalue weighted by Gasteiger charge is 2.32. The largest absolute Gasteiger partial charge is 0.496 e. The second-order valence-corrected chi connectivity index (χ2v) is 7.80. The molecule has 9 heteroatoms. The highest BCUT2D eigenvalue weighted by Crippen LogP contribution is 2.41. The molecule has 0 radical (unpaired) electrons. The molecule has 1 amide bonds. The third-order valence-corrected chi connectivity index (χ3v) is 5.80. The van der Waals surface area contributed by atoms with Crippen LogP contribution >= 0.6 is 11.8 Å². The summed E-state index contributed by atoms with van der Waals surface area (Å²) in [6.45, 7) is 3.53. The Balaban J connectivity index is 1.35. The van der Waals surface area contributed by atoms with Crippen molar-refractivity contribution >= 4 is 23.6 Å². The third kappa shape index (κ3) is 4.41. The zero-order valence-corrected chi connectivity index (χ0v) is 16.8. The molecule has 1 N–H and O–H groups in total. The smallest absolute Gasteiger partial charge is 0.230 e. The minimum atomic E-state index is -0.0332. The maximum atomic E-state index is 12.3. The van der Waals surface area contributed by atoms with E-state index in [1.165, 1.54) is 11.8 Å². The molecule has 1 aliphatic heterocycles. The summed E-state index contributed by atoms with van der Waals surface area (Å²) in [5.41, 5.74) is 0.958. The van der Waals surface area contributed by atoms with Crippen LogP contribution in [0.5, 0.6) is 5.75 Å². The number of nitrogens with one attached hydrogen (secondary N) is 1. The van der Waals surface area contributed by atoms with Gasteiger partial charge >= 0.3 is 0 Å². The Kier molecular flexibility index (Phi) is 6.01. The molecule has 0 unspecified atom stereocenters. The molecule has 2 fully saturated rings. The Morgan fingerprint density at radius 1 is 1.29 bits per heavy atom. The van der Waals surface area contributed by atoms with Crippen LogP contribution in [-0.2, 0) is 16.1 Å². The molecule has 1 aliphatic carbocycles. The topological polar surface area (TPSA) is 81.5 Å². The van der Waals surface area contributed by atoms with Gasteiger partial charge in [-0.3, -0.25) is 9.36 Å². The Hall–Kier alpha value is -2.26. The van der Waals surface area contributed by atoms with Gasteiger partial charge in [-0.15, -0.1) is 10.2 Å². The number of ether oxygens (including phenoxy) is 2. The van der Waals surface area contributed by atoms with Crippen LogP contribution in [0.15, 0.2) is 29.4 Å². The lowest BCUT2D eigenvalue weighted by Crippen LogP contribution is -2.38. The van der Waals surface area contributed by atoms with Crippen molar-refractivity contribution in [2.45, 2.75) is 30.6 Å². The minimum absolute atomic E-state index is 0.0332. The van der Waals surface area contributed by atoms with E-state index in [1.807, 2.05) is 24.3 Å². The number of amides is 1. The van der Waals surface area contributed by atoms with Gasteiger partial charge in [-0.25, -0.2) is 0 Å². The monoisotopic (exact) mass is 403 g/mol. The number of morpholine rings is 1. The van der Waals surface area contributed by atoms with Crippen LogP contribution in [0.3, 0.4) is 0 Å². The number of thioether (sulfide) groups is 1. The quantitative estimate of drug-likeness (QED) is 0.674. The number of hydrogen-bond donors (Lipinski definition) is 1. The first kappa shape index (κ1) is 19.1. The van der Waals surface area contributed by atoms with Crippen molar-refractivity contribution in [3.63, 3.8) is 0 Å². The molecular formula is C19H25N5O3S. The first-order valence-electron chi connectivity index (χ1n) is 9.55. The molecule has 1 aromatic carbocycles. The summed E-state index contributed by atoms with van der Waals surface area (Å²) in [7, 11) is 1.63. The summed E-state index contributed by atoms with van der Waals surface area (Å²) in [5.74, 6) is 1.96. The summed E-state index contributed by atoms with van der Waals surface area (Å²) in [6, 6.07) is 8.14. The molecule has 2 aliphatic rings. The van der Waals surface area contributed by atoms with Crippen LogP contribution in [0.2, 0.25) is 0 Å². The number of nitrogens with zero attached hydrogens (tertiary/aromatic N) is 4. The molecule has 0 spiro atoms. The standard InChI is InChI=1S/C19H25N5O3S/c1-26-16-5-3-2-4-14(16)12-20-17(25)13-28-19-22-21-18(24(19)15-6-7-15)23-8-10-27-11-9-23/h2-5,15H,6-13H2,1H3,(H,20,25). The third-order valence-electron chi connectivity index (χ3n) is 4.85. The molecule has 8 nitrogen and oxygen atoms in total. The lowest BCUT2D eigenvalue weighted by molar-refractivity contribution is -0.118. The number of anilines is 1. The van der Waals surface area contributed by atoms with E-state index in [-0.39, 0.29) is 5.91 Å². The predicted octanol–water partition coefficient (Wildman–Crippen LogP) is 1.87. The number of carbonyl (C=O) groups is 1. The highest BCUT2D eigenvalue weighted by molar-refractivity contribution is 7.99. The molecule has 28 heavy (non-hydrogen) atoms. The van der Waals surface area contributed by atoms with Crippen molar-refractivity contribution in [3.05, 3.63) is 29.8 Å². The van der Waals surface area contributed by atoms with Gasteiger partial charge in [-0.05, 0) is 18.9 Å². The number of benzene rings is 1. The summed E-state index contributed by atoms with van der Waals surface area (Å²) in [4.78, 5) is 14.6. The number of aromatic nitrogens is 3. The van der Waals surface area contributed by atoms with E-state index in [4.69, 9.17) is 9.47 Å². The average molecular weight is 404 g/mol. The number of rotatable bonds is 8. The number of hydrogen-bond acceptors (Lipinski definition) is 7. The molecule has 1 saturated carbocycles. The highest BCUT2D eigenvalue weighted by atomic mass is 32.2. The van der Waals surface area contributed by atoms with Gasteiger partial charge in [-0.2, -0.15) is 0 Å². The predicted molar refractivity (Wildman–Crippen MR) is 107 cm³/mol. The lowest BCUT2D eigenvalue weighted by atomic mass is 10.2. The molecule has 150 valence electrons. The van der Waals surface area contributed by atoms with Gasteiger partial charge in [-0.1, -0.05) is 30.0 Å². The first-order valence-corrected chi connectivity index (χ1v) is 10.5. The van der Waals surface area contributed by atoms with Crippen LogP contribution in [-0.4, -0.2) is 59.8 Å². The van der Waals surface area contributed by atoms with E-state index in [0.29, 0.717) is 31.6 Å². The Labute approximate surface area is 168 Å². The number of methoxy groups -OCH3 is 1. The van der Waals surface area contributed by atoms with E-state index in [1.54, 1.807) is 7.11 Å². The summed E-state index contributed by atoms with van der Waals surface area (Å²) < 4.78 is 13.0. The van der Waals surface area contributed by atoms with E-state index < -0.39 is 0 Å². The van der Waals surface area contributed by atoms with Gasteiger partial charge in [0.15, 0.2) is 5.16 Å². The van der Waals surface area contributed by atoms with Gasteiger partial charge in [0.05, 0.1) is 26.1 Å². The molecular weight excluding hydrogens is 378 g/mol. The maximum absolute atomic E-state index is 12.3. The van der Waals surface area contributed by atoms with Crippen molar-refractivity contribution in [2.24, 2.45) is 0 Å². The van der Waals surface area contributed by atoms with Crippen molar-refractivity contribution in [1.29, 1.82) is 0 Å². The number of carbonyl (C=O) groups excluding carboxylic acids is 1. The lowest BCUT2D eigenvalue weighted by Gasteiger charge is -2.27. The second kappa shape index (κ2) is 8.83. The Morgan fingerprint density at radius 2 is 2.07 bits per heavy atom. The summed E-state index contributed by atoms with van der Waals surface area (Å²) in [6.07, 6.45) is 2.28. The van der Waals surface area contributed by atoms with E-state index in [0.717, 1.165) is 48.3 Å². The average Bonchev–Trinajstić information content (AvgIpc) is 3.50. The molecule has 2 aromatic rings. The van der Waals surface area contributed by atoms with Crippen LogP contribution < -0.4 is 15.0 Å². The molecule has 4 rings (SSSR count).